The summed E-state index contributed by atoms with van der Waals surface area (Å²) in [5.41, 5.74) is 0. The fourth-order valence-corrected chi connectivity index (χ4v) is 1.04. The fraction of sp³-hybridized carbons (Fsp3) is 0.667. The van der Waals surface area contributed by atoms with Crippen molar-refractivity contribution in [3.63, 3.8) is 0 Å². The Morgan fingerprint density at radius 3 is 2.58 bits per heavy atom. The van der Waals surface area contributed by atoms with Crippen molar-refractivity contribution in [2.45, 2.75) is 19.9 Å². The van der Waals surface area contributed by atoms with Gasteiger partial charge in [0.2, 0.25) is 5.91 Å². The molecule has 3 heteroatoms. The topological polar surface area (TPSA) is 32.3 Å². The average Bonchev–Trinajstić information content (AvgIpc) is 1.84. The van der Waals surface area contributed by atoms with Crippen LogP contribution in [0.15, 0.2) is 12.2 Å². The second-order valence-electron chi connectivity index (χ2n) is 3.17. The molecular weight excluding hydrogens is 152 g/mol. The molecule has 0 aliphatic rings. The molecule has 0 aliphatic heterocycles. The van der Waals surface area contributed by atoms with Crippen LogP contribution in [0.3, 0.4) is 0 Å². The van der Waals surface area contributed by atoms with E-state index >= 15 is 0 Å². The number of nitrogens with zero attached hydrogens (tertiary/aromatic N) is 1. The number of amides is 1. The van der Waals surface area contributed by atoms with Gasteiger partial charge in [-0.05, 0) is 34.0 Å². The van der Waals surface area contributed by atoms with E-state index in [4.69, 9.17) is 0 Å². The molecule has 0 saturated heterocycles. The molecular formula is C9H18N2O. The third-order valence-electron chi connectivity index (χ3n) is 1.35. The Bertz CT molecular complexity index is 164. The van der Waals surface area contributed by atoms with Gasteiger partial charge in [-0.1, -0.05) is 6.08 Å². The predicted molar refractivity (Wildman–Crippen MR) is 51.0 cm³/mol. The van der Waals surface area contributed by atoms with Crippen molar-refractivity contribution in [2.75, 3.05) is 20.6 Å². The van der Waals surface area contributed by atoms with Crippen LogP contribution in [-0.4, -0.2) is 37.5 Å². The number of allylic oxidation sites excluding steroid dienone is 1. The summed E-state index contributed by atoms with van der Waals surface area (Å²) in [6.45, 7) is 4.68. The van der Waals surface area contributed by atoms with E-state index < -0.39 is 0 Å². The largest absolute Gasteiger partial charge is 0.349 e. The minimum absolute atomic E-state index is 0.0214. The molecule has 1 atom stereocenters. The van der Waals surface area contributed by atoms with E-state index in [-0.39, 0.29) is 11.9 Å². The van der Waals surface area contributed by atoms with Crippen LogP contribution in [0.4, 0.5) is 0 Å². The summed E-state index contributed by atoms with van der Waals surface area (Å²) in [6, 6.07) is 0.198. The van der Waals surface area contributed by atoms with Crippen LogP contribution in [0.25, 0.3) is 0 Å². The third-order valence-corrected chi connectivity index (χ3v) is 1.35. The summed E-state index contributed by atoms with van der Waals surface area (Å²) in [5, 5.41) is 2.84. The molecule has 1 unspecified atom stereocenters. The lowest BCUT2D eigenvalue weighted by atomic mass is 10.3. The highest BCUT2D eigenvalue weighted by atomic mass is 16.1. The number of hydrogen-bond acceptors (Lipinski definition) is 2. The van der Waals surface area contributed by atoms with Crippen LogP contribution in [0, 0.1) is 0 Å². The maximum atomic E-state index is 11.0. The fourth-order valence-electron chi connectivity index (χ4n) is 1.04. The SMILES string of the molecule is CC=CC(=O)NC(C)CN(C)C. The zero-order valence-electron chi connectivity index (χ0n) is 8.29. The van der Waals surface area contributed by atoms with E-state index in [0.717, 1.165) is 6.54 Å². The van der Waals surface area contributed by atoms with Gasteiger partial charge in [0.15, 0.2) is 0 Å². The Balaban J connectivity index is 3.68. The van der Waals surface area contributed by atoms with Crippen molar-refractivity contribution >= 4 is 5.91 Å². The number of likely N-dealkylation sites (N-methyl/N-ethyl adjacent to an activating group) is 1. The van der Waals surface area contributed by atoms with Crippen molar-refractivity contribution in [3.8, 4) is 0 Å². The minimum Gasteiger partial charge on any atom is -0.349 e. The van der Waals surface area contributed by atoms with E-state index in [1.54, 1.807) is 6.08 Å². The van der Waals surface area contributed by atoms with E-state index in [9.17, 15) is 4.79 Å². The Labute approximate surface area is 74.4 Å². The van der Waals surface area contributed by atoms with E-state index in [2.05, 4.69) is 5.32 Å². The third kappa shape index (κ3) is 5.92. The molecule has 0 aromatic carbocycles. The second-order valence-corrected chi connectivity index (χ2v) is 3.17. The van der Waals surface area contributed by atoms with Gasteiger partial charge < -0.3 is 10.2 Å². The zero-order valence-corrected chi connectivity index (χ0v) is 8.29. The highest BCUT2D eigenvalue weighted by molar-refractivity contribution is 5.87. The van der Waals surface area contributed by atoms with Gasteiger partial charge in [-0.15, -0.1) is 0 Å². The van der Waals surface area contributed by atoms with Gasteiger partial charge in [-0.3, -0.25) is 4.79 Å². The van der Waals surface area contributed by atoms with E-state index in [1.807, 2.05) is 32.8 Å². The van der Waals surface area contributed by atoms with Gasteiger partial charge in [0.25, 0.3) is 0 Å². The summed E-state index contributed by atoms with van der Waals surface area (Å²) in [5.74, 6) is -0.0214. The maximum absolute atomic E-state index is 11.0. The summed E-state index contributed by atoms with van der Waals surface area (Å²) < 4.78 is 0. The zero-order chi connectivity index (χ0) is 9.56. The van der Waals surface area contributed by atoms with E-state index in [0.29, 0.717) is 0 Å². The van der Waals surface area contributed by atoms with Crippen molar-refractivity contribution in [2.24, 2.45) is 0 Å². The first kappa shape index (κ1) is 11.2. The van der Waals surface area contributed by atoms with Crippen molar-refractivity contribution in [1.82, 2.24) is 10.2 Å². The quantitative estimate of drug-likeness (QED) is 0.628. The highest BCUT2D eigenvalue weighted by Crippen LogP contribution is 1.85. The Kier molecular flexibility index (Phi) is 5.37. The standard InChI is InChI=1S/C9H18N2O/c1-5-6-9(12)10-8(2)7-11(3)4/h5-6,8H,7H2,1-4H3,(H,10,12). The molecule has 0 radical (unpaired) electrons. The first-order valence-electron chi connectivity index (χ1n) is 4.14. The molecule has 1 amide bonds. The summed E-state index contributed by atoms with van der Waals surface area (Å²) in [4.78, 5) is 13.1. The molecule has 3 nitrogen and oxygen atoms in total. The van der Waals surface area contributed by atoms with Crippen LogP contribution in [0.5, 0.6) is 0 Å². The van der Waals surface area contributed by atoms with Crippen LogP contribution in [0.1, 0.15) is 13.8 Å². The Morgan fingerprint density at radius 1 is 1.58 bits per heavy atom. The van der Waals surface area contributed by atoms with Crippen LogP contribution in [-0.2, 0) is 4.79 Å². The van der Waals surface area contributed by atoms with Gasteiger partial charge in [0.1, 0.15) is 0 Å². The molecule has 0 fully saturated rings. The normalized spacial score (nSPS) is 13.8. The van der Waals surface area contributed by atoms with Crippen molar-refractivity contribution < 1.29 is 4.79 Å². The van der Waals surface area contributed by atoms with Gasteiger partial charge in [-0.25, -0.2) is 0 Å². The molecule has 12 heavy (non-hydrogen) atoms. The molecule has 0 heterocycles. The van der Waals surface area contributed by atoms with E-state index in [1.165, 1.54) is 6.08 Å². The van der Waals surface area contributed by atoms with Crippen LogP contribution >= 0.6 is 0 Å². The lowest BCUT2D eigenvalue weighted by molar-refractivity contribution is -0.117. The minimum atomic E-state index is -0.0214. The second kappa shape index (κ2) is 5.77. The number of carbonyl (C=O) groups excluding carboxylic acids is 1. The van der Waals surface area contributed by atoms with Gasteiger partial charge >= 0.3 is 0 Å². The first-order valence-corrected chi connectivity index (χ1v) is 4.14. The lowest BCUT2D eigenvalue weighted by Gasteiger charge is -2.17. The van der Waals surface area contributed by atoms with Crippen LogP contribution < -0.4 is 5.32 Å². The molecule has 70 valence electrons. The summed E-state index contributed by atoms with van der Waals surface area (Å²) in [6.07, 6.45) is 3.27. The molecule has 0 rings (SSSR count). The first-order chi connectivity index (χ1) is 5.56. The van der Waals surface area contributed by atoms with Gasteiger partial charge in [0, 0.05) is 12.6 Å². The number of carbonyl (C=O) groups is 1. The monoisotopic (exact) mass is 170 g/mol. The molecule has 0 spiro atoms. The molecule has 0 bridgehead atoms. The number of hydrogen-bond donors (Lipinski definition) is 1. The summed E-state index contributed by atoms with van der Waals surface area (Å²) >= 11 is 0. The van der Waals surface area contributed by atoms with Gasteiger partial charge in [-0.2, -0.15) is 0 Å². The lowest BCUT2D eigenvalue weighted by Crippen LogP contribution is -2.38. The molecule has 0 saturated carbocycles. The predicted octanol–water partition coefficient (Wildman–Crippen LogP) is 0.629. The highest BCUT2D eigenvalue weighted by Gasteiger charge is 2.04. The maximum Gasteiger partial charge on any atom is 0.243 e. The molecule has 0 aromatic rings. The number of rotatable bonds is 4. The summed E-state index contributed by atoms with van der Waals surface area (Å²) in [7, 11) is 3.97. The van der Waals surface area contributed by atoms with Crippen molar-refractivity contribution in [1.29, 1.82) is 0 Å². The molecule has 0 aliphatic carbocycles. The number of nitrogens with one attached hydrogen (secondary N) is 1. The van der Waals surface area contributed by atoms with Crippen molar-refractivity contribution in [3.05, 3.63) is 12.2 Å². The average molecular weight is 170 g/mol. The van der Waals surface area contributed by atoms with Crippen LogP contribution in [0.2, 0.25) is 0 Å². The van der Waals surface area contributed by atoms with Gasteiger partial charge in [0.05, 0.1) is 0 Å². The Morgan fingerprint density at radius 2 is 2.17 bits per heavy atom. The molecule has 1 N–H and O–H groups in total. The molecule has 0 aromatic heterocycles. The smallest absolute Gasteiger partial charge is 0.243 e. The Hall–Kier alpha value is -0.830.